The molecule has 1 atom stereocenters. The fourth-order valence-electron chi connectivity index (χ4n) is 2.21. The number of nitrogens with zero attached hydrogens (tertiary/aromatic N) is 3. The Labute approximate surface area is 111 Å². The van der Waals surface area contributed by atoms with Gasteiger partial charge in [0.15, 0.2) is 0 Å². The van der Waals surface area contributed by atoms with E-state index in [2.05, 4.69) is 50.0 Å². The second-order valence-electron chi connectivity index (χ2n) is 4.73. The van der Waals surface area contributed by atoms with Gasteiger partial charge in [-0.05, 0) is 49.2 Å². The molecule has 2 rings (SSSR count). The summed E-state index contributed by atoms with van der Waals surface area (Å²) in [6.07, 6.45) is 5.95. The topological polar surface area (TPSA) is 41.0 Å². The van der Waals surface area contributed by atoms with Crippen molar-refractivity contribution in [3.8, 4) is 0 Å². The minimum atomic E-state index is 0.434. The van der Waals surface area contributed by atoms with Crippen LogP contribution in [-0.2, 0) is 0 Å². The zero-order valence-electron chi connectivity index (χ0n) is 10.4. The summed E-state index contributed by atoms with van der Waals surface area (Å²) in [6.45, 7) is 6.54. The summed E-state index contributed by atoms with van der Waals surface area (Å²) in [5.74, 6) is 0.990. The van der Waals surface area contributed by atoms with Gasteiger partial charge in [0, 0.05) is 24.8 Å². The predicted octanol–water partition coefficient (Wildman–Crippen LogP) is 2.21. The van der Waals surface area contributed by atoms with Crippen molar-refractivity contribution in [2.24, 2.45) is 0 Å². The van der Waals surface area contributed by atoms with Crippen LogP contribution in [0.15, 0.2) is 17.0 Å². The van der Waals surface area contributed by atoms with Crippen LogP contribution in [0.5, 0.6) is 0 Å². The molecule has 1 aliphatic heterocycles. The number of nitrogens with one attached hydrogen (secondary N) is 1. The van der Waals surface area contributed by atoms with E-state index in [-0.39, 0.29) is 0 Å². The lowest BCUT2D eigenvalue weighted by Gasteiger charge is -2.31. The summed E-state index contributed by atoms with van der Waals surface area (Å²) in [4.78, 5) is 10.7. The smallest absolute Gasteiger partial charge is 0.146 e. The largest absolute Gasteiger partial charge is 0.352 e. The molecule has 1 unspecified atom stereocenters. The molecule has 94 valence electrons. The second kappa shape index (κ2) is 5.78. The average molecular weight is 299 g/mol. The molecule has 0 amide bonds. The Balaban J connectivity index is 2.14. The second-order valence-corrected chi connectivity index (χ2v) is 5.59. The maximum absolute atomic E-state index is 4.38. The van der Waals surface area contributed by atoms with Gasteiger partial charge >= 0.3 is 0 Å². The Morgan fingerprint density at radius 2 is 2.41 bits per heavy atom. The number of aromatic nitrogens is 2. The molecule has 17 heavy (non-hydrogen) atoms. The van der Waals surface area contributed by atoms with Crippen LogP contribution in [0.4, 0.5) is 5.82 Å². The van der Waals surface area contributed by atoms with E-state index >= 15 is 0 Å². The van der Waals surface area contributed by atoms with Crippen molar-refractivity contribution in [3.63, 3.8) is 0 Å². The zero-order chi connectivity index (χ0) is 12.3. The summed E-state index contributed by atoms with van der Waals surface area (Å²) in [5, 5.41) is 3.53. The van der Waals surface area contributed by atoms with E-state index in [1.165, 1.54) is 12.8 Å². The summed E-state index contributed by atoms with van der Waals surface area (Å²) in [6, 6.07) is 1.02. The highest BCUT2D eigenvalue weighted by molar-refractivity contribution is 9.10. The van der Waals surface area contributed by atoms with Crippen LogP contribution in [0.25, 0.3) is 0 Å². The molecule has 0 radical (unpaired) electrons. The van der Waals surface area contributed by atoms with Crippen LogP contribution in [-0.4, -0.2) is 35.1 Å². The van der Waals surface area contributed by atoms with E-state index in [9.17, 15) is 0 Å². The number of anilines is 1. The fraction of sp³-hybridized carbons (Fsp3) is 0.667. The number of rotatable bonds is 4. The molecule has 0 aliphatic carbocycles. The van der Waals surface area contributed by atoms with Crippen LogP contribution >= 0.6 is 15.9 Å². The summed E-state index contributed by atoms with van der Waals surface area (Å²) in [7, 11) is 0. The third kappa shape index (κ3) is 3.16. The van der Waals surface area contributed by atoms with Crippen LogP contribution in [0.3, 0.4) is 0 Å². The van der Waals surface area contributed by atoms with E-state index < -0.39 is 0 Å². The number of hydrogen-bond donors (Lipinski definition) is 1. The van der Waals surface area contributed by atoms with E-state index in [1.807, 2.05) is 0 Å². The lowest BCUT2D eigenvalue weighted by Crippen LogP contribution is -2.42. The molecule has 1 N–H and O–H groups in total. The summed E-state index contributed by atoms with van der Waals surface area (Å²) >= 11 is 3.53. The first kappa shape index (κ1) is 12.8. The summed E-state index contributed by atoms with van der Waals surface area (Å²) < 4.78 is 0.965. The normalized spacial score (nSPS) is 19.9. The standard InChI is InChI=1S/C12H19BrN4/c1-9(2)17(7-10-4-3-5-15-10)12-11(13)6-14-8-16-12/h6,8-10,15H,3-5,7H2,1-2H3. The molecule has 0 saturated carbocycles. The Morgan fingerprint density at radius 3 is 3.00 bits per heavy atom. The highest BCUT2D eigenvalue weighted by atomic mass is 79.9. The van der Waals surface area contributed by atoms with Crippen molar-refractivity contribution in [1.82, 2.24) is 15.3 Å². The third-order valence-corrected chi connectivity index (χ3v) is 3.68. The first-order valence-corrected chi connectivity index (χ1v) is 6.93. The SMILES string of the molecule is CC(C)N(CC1CCCN1)c1ncncc1Br. The van der Waals surface area contributed by atoms with Gasteiger partial charge in [0.2, 0.25) is 0 Å². The molecule has 0 bridgehead atoms. The van der Waals surface area contributed by atoms with Crippen LogP contribution < -0.4 is 10.2 Å². The molecule has 2 heterocycles. The first-order chi connectivity index (χ1) is 8.18. The van der Waals surface area contributed by atoms with Crippen molar-refractivity contribution in [1.29, 1.82) is 0 Å². The fourth-order valence-corrected chi connectivity index (χ4v) is 2.66. The molecular weight excluding hydrogens is 280 g/mol. The van der Waals surface area contributed by atoms with Crippen molar-refractivity contribution < 1.29 is 0 Å². The lowest BCUT2D eigenvalue weighted by atomic mass is 10.2. The maximum Gasteiger partial charge on any atom is 0.146 e. The minimum Gasteiger partial charge on any atom is -0.352 e. The molecule has 1 saturated heterocycles. The van der Waals surface area contributed by atoms with E-state index in [0.29, 0.717) is 12.1 Å². The van der Waals surface area contributed by atoms with Gasteiger partial charge in [-0.25, -0.2) is 9.97 Å². The van der Waals surface area contributed by atoms with Crippen LogP contribution in [0.2, 0.25) is 0 Å². The maximum atomic E-state index is 4.38. The molecule has 1 aromatic heterocycles. The van der Waals surface area contributed by atoms with Gasteiger partial charge in [-0.15, -0.1) is 0 Å². The van der Waals surface area contributed by atoms with Gasteiger partial charge in [0.05, 0.1) is 4.47 Å². The molecule has 1 fully saturated rings. The van der Waals surface area contributed by atoms with E-state index in [1.54, 1.807) is 12.5 Å². The Bertz CT molecular complexity index is 363. The Hall–Kier alpha value is -0.680. The lowest BCUT2D eigenvalue weighted by molar-refractivity contribution is 0.548. The first-order valence-electron chi connectivity index (χ1n) is 6.14. The van der Waals surface area contributed by atoms with Crippen LogP contribution in [0, 0.1) is 0 Å². The molecule has 1 aliphatic rings. The third-order valence-electron chi connectivity index (χ3n) is 3.12. The van der Waals surface area contributed by atoms with E-state index in [0.717, 1.165) is 23.4 Å². The number of hydrogen-bond acceptors (Lipinski definition) is 4. The summed E-state index contributed by atoms with van der Waals surface area (Å²) in [5.41, 5.74) is 0. The van der Waals surface area contributed by atoms with Gasteiger partial charge in [0.25, 0.3) is 0 Å². The molecule has 0 aromatic carbocycles. The van der Waals surface area contributed by atoms with E-state index in [4.69, 9.17) is 0 Å². The van der Waals surface area contributed by atoms with Crippen molar-refractivity contribution >= 4 is 21.7 Å². The van der Waals surface area contributed by atoms with Gasteiger partial charge in [0.1, 0.15) is 12.1 Å². The monoisotopic (exact) mass is 298 g/mol. The molecule has 5 heteroatoms. The minimum absolute atomic E-state index is 0.434. The van der Waals surface area contributed by atoms with Crippen molar-refractivity contribution in [3.05, 3.63) is 17.0 Å². The quantitative estimate of drug-likeness (QED) is 0.925. The Morgan fingerprint density at radius 1 is 1.59 bits per heavy atom. The number of halogens is 1. The average Bonchev–Trinajstić information content (AvgIpc) is 2.79. The molecule has 0 spiro atoms. The van der Waals surface area contributed by atoms with Gasteiger partial charge in [-0.1, -0.05) is 0 Å². The van der Waals surface area contributed by atoms with Gasteiger partial charge in [-0.3, -0.25) is 0 Å². The molecular formula is C12H19BrN4. The highest BCUT2D eigenvalue weighted by Crippen LogP contribution is 2.24. The van der Waals surface area contributed by atoms with Gasteiger partial charge in [-0.2, -0.15) is 0 Å². The van der Waals surface area contributed by atoms with Crippen molar-refractivity contribution in [2.75, 3.05) is 18.0 Å². The van der Waals surface area contributed by atoms with Crippen LogP contribution in [0.1, 0.15) is 26.7 Å². The predicted molar refractivity (Wildman–Crippen MR) is 73.2 cm³/mol. The zero-order valence-corrected chi connectivity index (χ0v) is 11.9. The highest BCUT2D eigenvalue weighted by Gasteiger charge is 2.22. The Kier molecular flexibility index (Phi) is 4.34. The van der Waals surface area contributed by atoms with Gasteiger partial charge < -0.3 is 10.2 Å². The van der Waals surface area contributed by atoms with Crippen molar-refractivity contribution in [2.45, 2.75) is 38.8 Å². The molecule has 1 aromatic rings. The molecule has 4 nitrogen and oxygen atoms in total.